The second-order valence-electron chi connectivity index (χ2n) is 7.02. The number of pyridine rings is 1. The van der Waals surface area contributed by atoms with E-state index in [1.54, 1.807) is 12.3 Å². The van der Waals surface area contributed by atoms with Gasteiger partial charge in [-0.15, -0.1) is 0 Å². The first-order chi connectivity index (χ1) is 14.7. The first-order valence-electron chi connectivity index (χ1n) is 9.64. The Labute approximate surface area is 182 Å². The predicted molar refractivity (Wildman–Crippen MR) is 127 cm³/mol. The fourth-order valence-corrected chi connectivity index (χ4v) is 4.25. The summed E-state index contributed by atoms with van der Waals surface area (Å²) in [4.78, 5) is 17.7. The van der Waals surface area contributed by atoms with Gasteiger partial charge in [-0.05, 0) is 40.6 Å². The molecule has 1 N–H and O–H groups in total. The maximum atomic E-state index is 13.2. The van der Waals surface area contributed by atoms with Crippen LogP contribution in [-0.4, -0.2) is 10.9 Å². The summed E-state index contributed by atoms with van der Waals surface area (Å²) in [5, 5.41) is 6.33. The van der Waals surface area contributed by atoms with E-state index in [1.165, 1.54) is 5.39 Å². The minimum atomic E-state index is -0.182. The van der Waals surface area contributed by atoms with E-state index in [-0.39, 0.29) is 5.91 Å². The molecule has 0 atom stereocenters. The van der Waals surface area contributed by atoms with Crippen molar-refractivity contribution in [1.82, 2.24) is 4.98 Å². The minimum Gasteiger partial charge on any atom is -0.321 e. The molecule has 0 radical (unpaired) electrons. The number of benzene rings is 4. The minimum absolute atomic E-state index is 0.182. The quantitative estimate of drug-likeness (QED) is 0.318. The highest BCUT2D eigenvalue weighted by Gasteiger charge is 2.15. The number of carbonyl (C=O) groups is 1. The van der Waals surface area contributed by atoms with Crippen LogP contribution in [0.3, 0.4) is 0 Å². The molecule has 4 aromatic carbocycles. The van der Waals surface area contributed by atoms with Gasteiger partial charge in [0.15, 0.2) is 0 Å². The number of hydrogen-bond donors (Lipinski definition) is 1. The Bertz CT molecular complexity index is 1410. The number of anilines is 1. The summed E-state index contributed by atoms with van der Waals surface area (Å²) in [5.74, 6) is -0.182. The Morgan fingerprint density at radius 2 is 1.47 bits per heavy atom. The monoisotopic (exact) mass is 452 g/mol. The Morgan fingerprint density at radius 3 is 2.40 bits per heavy atom. The molecule has 0 unspecified atom stereocenters. The summed E-state index contributed by atoms with van der Waals surface area (Å²) < 4.78 is 0.915. The number of aromatic nitrogens is 1. The molecule has 0 fully saturated rings. The highest BCUT2D eigenvalue weighted by Crippen LogP contribution is 2.34. The van der Waals surface area contributed by atoms with Crippen molar-refractivity contribution >= 4 is 49.2 Å². The second-order valence-corrected chi connectivity index (χ2v) is 7.88. The molecular weight excluding hydrogens is 436 g/mol. The number of fused-ring (bicyclic) bond motifs is 2. The van der Waals surface area contributed by atoms with Gasteiger partial charge in [0.25, 0.3) is 5.91 Å². The second kappa shape index (κ2) is 7.73. The number of halogens is 1. The van der Waals surface area contributed by atoms with Crippen molar-refractivity contribution in [3.8, 4) is 11.1 Å². The third kappa shape index (κ3) is 3.25. The molecule has 0 spiro atoms. The molecule has 0 saturated heterocycles. The van der Waals surface area contributed by atoms with Crippen molar-refractivity contribution in [3.05, 3.63) is 107 Å². The normalized spacial score (nSPS) is 11.0. The Hall–Kier alpha value is -3.50. The Kier molecular flexibility index (Phi) is 4.77. The molecule has 0 aliphatic rings. The van der Waals surface area contributed by atoms with E-state index >= 15 is 0 Å². The van der Waals surface area contributed by atoms with Crippen LogP contribution in [0, 0.1) is 0 Å². The highest BCUT2D eigenvalue weighted by molar-refractivity contribution is 9.10. The first kappa shape index (κ1) is 18.5. The molecule has 5 rings (SSSR count). The summed E-state index contributed by atoms with van der Waals surface area (Å²) in [6.45, 7) is 0. The largest absolute Gasteiger partial charge is 0.321 e. The standard InChI is InChI=1S/C26H17BrN2O/c27-23-15-14-22(25-21(23)12-6-16-28-25)26(30)29-24-13-4-3-10-20(24)19-11-5-8-17-7-1-2-9-18(17)19/h1-16H,(H,29,30). The van der Waals surface area contributed by atoms with Crippen LogP contribution < -0.4 is 5.32 Å². The summed E-state index contributed by atoms with van der Waals surface area (Å²) in [7, 11) is 0. The zero-order valence-corrected chi connectivity index (χ0v) is 17.6. The molecule has 4 heteroatoms. The van der Waals surface area contributed by atoms with Crippen molar-refractivity contribution in [3.63, 3.8) is 0 Å². The fourth-order valence-electron chi connectivity index (χ4n) is 3.80. The van der Waals surface area contributed by atoms with Gasteiger partial charge in [0.05, 0.1) is 11.1 Å². The van der Waals surface area contributed by atoms with Crippen LogP contribution >= 0.6 is 15.9 Å². The lowest BCUT2D eigenvalue weighted by atomic mass is 9.97. The van der Waals surface area contributed by atoms with Crippen molar-refractivity contribution in [2.45, 2.75) is 0 Å². The molecule has 144 valence electrons. The van der Waals surface area contributed by atoms with Crippen molar-refractivity contribution in [2.75, 3.05) is 5.32 Å². The summed E-state index contributed by atoms with van der Waals surface area (Å²) >= 11 is 3.54. The van der Waals surface area contributed by atoms with Gasteiger partial charge in [0.2, 0.25) is 0 Å². The van der Waals surface area contributed by atoms with E-state index in [2.05, 4.69) is 50.5 Å². The topological polar surface area (TPSA) is 42.0 Å². The molecule has 5 aromatic rings. The zero-order chi connectivity index (χ0) is 20.5. The molecule has 0 saturated carbocycles. The third-order valence-electron chi connectivity index (χ3n) is 5.22. The summed E-state index contributed by atoms with van der Waals surface area (Å²) in [6, 6.07) is 29.9. The number of amides is 1. The fraction of sp³-hybridized carbons (Fsp3) is 0. The Balaban J connectivity index is 1.59. The van der Waals surface area contributed by atoms with E-state index in [0.717, 1.165) is 32.1 Å². The molecule has 1 aromatic heterocycles. The van der Waals surface area contributed by atoms with E-state index in [4.69, 9.17) is 0 Å². The SMILES string of the molecule is O=C(Nc1ccccc1-c1cccc2ccccc12)c1ccc(Br)c2cccnc12. The highest BCUT2D eigenvalue weighted by atomic mass is 79.9. The predicted octanol–water partition coefficient (Wildman–Crippen LogP) is 7.07. The molecule has 0 aliphatic heterocycles. The van der Waals surface area contributed by atoms with Crippen LogP contribution in [0.15, 0.2) is 102 Å². The molecule has 30 heavy (non-hydrogen) atoms. The van der Waals surface area contributed by atoms with Crippen molar-refractivity contribution in [2.24, 2.45) is 0 Å². The van der Waals surface area contributed by atoms with E-state index in [9.17, 15) is 4.79 Å². The van der Waals surface area contributed by atoms with E-state index in [0.29, 0.717) is 11.1 Å². The molecule has 3 nitrogen and oxygen atoms in total. The van der Waals surface area contributed by atoms with Crippen LogP contribution in [0.4, 0.5) is 5.69 Å². The van der Waals surface area contributed by atoms with Gasteiger partial charge in [-0.1, -0.05) is 82.7 Å². The Morgan fingerprint density at radius 1 is 0.733 bits per heavy atom. The molecule has 1 heterocycles. The lowest BCUT2D eigenvalue weighted by molar-refractivity contribution is 0.102. The number of nitrogens with one attached hydrogen (secondary N) is 1. The maximum absolute atomic E-state index is 13.2. The van der Waals surface area contributed by atoms with Crippen LogP contribution in [0.5, 0.6) is 0 Å². The van der Waals surface area contributed by atoms with Gasteiger partial charge in [-0.2, -0.15) is 0 Å². The van der Waals surface area contributed by atoms with Gasteiger partial charge in [-0.3, -0.25) is 9.78 Å². The lowest BCUT2D eigenvalue weighted by Crippen LogP contribution is -2.13. The maximum Gasteiger partial charge on any atom is 0.257 e. The average Bonchev–Trinajstić information content (AvgIpc) is 2.79. The zero-order valence-electron chi connectivity index (χ0n) is 16.0. The van der Waals surface area contributed by atoms with Crippen molar-refractivity contribution < 1.29 is 4.79 Å². The number of hydrogen-bond acceptors (Lipinski definition) is 2. The van der Waals surface area contributed by atoms with Gasteiger partial charge < -0.3 is 5.32 Å². The molecule has 0 bridgehead atoms. The average molecular weight is 453 g/mol. The smallest absolute Gasteiger partial charge is 0.257 e. The lowest BCUT2D eigenvalue weighted by Gasteiger charge is -2.14. The van der Waals surface area contributed by atoms with Gasteiger partial charge in [0, 0.05) is 27.3 Å². The van der Waals surface area contributed by atoms with Gasteiger partial charge in [0.1, 0.15) is 0 Å². The molecular formula is C26H17BrN2O. The number of carbonyl (C=O) groups excluding carboxylic acids is 1. The van der Waals surface area contributed by atoms with Crippen LogP contribution in [0.1, 0.15) is 10.4 Å². The summed E-state index contributed by atoms with van der Waals surface area (Å²) in [6.07, 6.45) is 1.70. The first-order valence-corrected chi connectivity index (χ1v) is 10.4. The van der Waals surface area contributed by atoms with Crippen LogP contribution in [0.2, 0.25) is 0 Å². The van der Waals surface area contributed by atoms with E-state index < -0.39 is 0 Å². The van der Waals surface area contributed by atoms with E-state index in [1.807, 2.05) is 60.7 Å². The molecule has 0 aliphatic carbocycles. The van der Waals surface area contributed by atoms with Crippen LogP contribution in [0.25, 0.3) is 32.8 Å². The molecule has 1 amide bonds. The third-order valence-corrected chi connectivity index (χ3v) is 5.91. The number of rotatable bonds is 3. The van der Waals surface area contributed by atoms with Gasteiger partial charge in [-0.25, -0.2) is 0 Å². The van der Waals surface area contributed by atoms with Crippen molar-refractivity contribution in [1.29, 1.82) is 0 Å². The number of para-hydroxylation sites is 1. The van der Waals surface area contributed by atoms with Crippen LogP contribution in [-0.2, 0) is 0 Å². The summed E-state index contributed by atoms with van der Waals surface area (Å²) in [5.41, 5.74) is 4.05. The van der Waals surface area contributed by atoms with Gasteiger partial charge >= 0.3 is 0 Å². The number of nitrogens with zero attached hydrogens (tertiary/aromatic N) is 1.